The molecule has 0 aliphatic carbocycles. The zero-order valence-electron chi connectivity index (χ0n) is 14.6. The molecule has 0 aliphatic heterocycles. The molecule has 0 saturated carbocycles. The highest BCUT2D eigenvalue weighted by atomic mass is 16.6. The van der Waals surface area contributed by atoms with Crippen LogP contribution in [0.2, 0.25) is 0 Å². The molecule has 0 unspecified atom stereocenters. The van der Waals surface area contributed by atoms with Crippen LogP contribution < -0.4 is 14.8 Å². The second-order valence-electron chi connectivity index (χ2n) is 5.29. The third-order valence-electron chi connectivity index (χ3n) is 3.60. The lowest BCUT2D eigenvalue weighted by atomic mass is 10.1. The van der Waals surface area contributed by atoms with Crippen molar-refractivity contribution in [3.63, 3.8) is 0 Å². The molecule has 2 aromatic rings. The number of hydrogen-bond donors (Lipinski definition) is 1. The fourth-order valence-electron chi connectivity index (χ4n) is 2.29. The fraction of sp³-hybridized carbons (Fsp3) is 0.211. The van der Waals surface area contributed by atoms with E-state index in [1.165, 1.54) is 33.3 Å². The van der Waals surface area contributed by atoms with E-state index in [2.05, 4.69) is 5.32 Å². The van der Waals surface area contributed by atoms with E-state index in [-0.39, 0.29) is 22.6 Å². The topological polar surface area (TPSA) is 90.9 Å². The van der Waals surface area contributed by atoms with Gasteiger partial charge in [0.05, 0.1) is 14.2 Å². The first-order chi connectivity index (χ1) is 12.5. The summed E-state index contributed by atoms with van der Waals surface area (Å²) in [6, 6.07) is 11.7. The van der Waals surface area contributed by atoms with Gasteiger partial charge in [-0.3, -0.25) is 9.59 Å². The van der Waals surface area contributed by atoms with E-state index in [0.717, 1.165) is 0 Å². The Morgan fingerprint density at radius 2 is 1.73 bits per heavy atom. The summed E-state index contributed by atoms with van der Waals surface area (Å²) in [6.07, 6.45) is -0.578. The molecule has 26 heavy (non-hydrogen) atoms. The predicted octanol–water partition coefficient (Wildman–Crippen LogP) is 2.70. The molecule has 1 atom stereocenters. The molecule has 0 fully saturated rings. The third kappa shape index (κ3) is 4.18. The van der Waals surface area contributed by atoms with Crippen LogP contribution in [0.3, 0.4) is 0 Å². The first-order valence-electron chi connectivity index (χ1n) is 7.78. The number of nitrogens with one attached hydrogen (secondary N) is 1. The van der Waals surface area contributed by atoms with Gasteiger partial charge in [0.1, 0.15) is 5.56 Å². The van der Waals surface area contributed by atoms with Crippen molar-refractivity contribution in [3.05, 3.63) is 53.6 Å². The number of rotatable bonds is 7. The summed E-state index contributed by atoms with van der Waals surface area (Å²) in [5.41, 5.74) is 0.553. The van der Waals surface area contributed by atoms with Crippen LogP contribution >= 0.6 is 0 Å². The highest BCUT2D eigenvalue weighted by molar-refractivity contribution is 6.03. The van der Waals surface area contributed by atoms with Gasteiger partial charge in [-0.1, -0.05) is 18.2 Å². The number of methoxy groups -OCH3 is 2. The minimum Gasteiger partial charge on any atom is -0.493 e. The summed E-state index contributed by atoms with van der Waals surface area (Å²) in [5, 5.41) is 2.64. The Morgan fingerprint density at radius 3 is 2.31 bits per heavy atom. The van der Waals surface area contributed by atoms with Crippen molar-refractivity contribution < 1.29 is 28.6 Å². The van der Waals surface area contributed by atoms with Crippen molar-refractivity contribution in [1.82, 2.24) is 0 Å². The molecule has 1 amide bonds. The van der Waals surface area contributed by atoms with Crippen LogP contribution in [0.15, 0.2) is 42.5 Å². The van der Waals surface area contributed by atoms with Gasteiger partial charge in [0.2, 0.25) is 0 Å². The molecule has 0 aromatic heterocycles. The van der Waals surface area contributed by atoms with Gasteiger partial charge in [-0.2, -0.15) is 0 Å². The molecular formula is C19H19NO6. The van der Waals surface area contributed by atoms with E-state index < -0.39 is 18.0 Å². The van der Waals surface area contributed by atoms with Crippen molar-refractivity contribution in [2.75, 3.05) is 19.5 Å². The number of aldehydes is 1. The molecule has 1 N–H and O–H groups in total. The first-order valence-corrected chi connectivity index (χ1v) is 7.78. The van der Waals surface area contributed by atoms with Gasteiger partial charge in [-0.15, -0.1) is 0 Å². The van der Waals surface area contributed by atoms with E-state index in [0.29, 0.717) is 12.0 Å². The van der Waals surface area contributed by atoms with E-state index in [9.17, 15) is 14.4 Å². The normalized spacial score (nSPS) is 11.2. The number of hydrogen-bond acceptors (Lipinski definition) is 6. The van der Waals surface area contributed by atoms with Crippen molar-refractivity contribution in [3.8, 4) is 11.5 Å². The number of amides is 1. The van der Waals surface area contributed by atoms with E-state index in [1.54, 1.807) is 24.3 Å². The highest BCUT2D eigenvalue weighted by Crippen LogP contribution is 2.33. The maximum Gasteiger partial charge on any atom is 0.343 e. The second-order valence-corrected chi connectivity index (χ2v) is 5.29. The van der Waals surface area contributed by atoms with Gasteiger partial charge in [0.25, 0.3) is 5.91 Å². The van der Waals surface area contributed by atoms with Gasteiger partial charge in [0, 0.05) is 11.3 Å². The van der Waals surface area contributed by atoms with Crippen LogP contribution in [0.5, 0.6) is 11.5 Å². The monoisotopic (exact) mass is 357 g/mol. The van der Waals surface area contributed by atoms with Gasteiger partial charge >= 0.3 is 5.97 Å². The SMILES string of the molecule is COc1ccc(C=O)c(C(=O)O[C@@H](C)C(=O)Nc2ccccc2)c1OC. The maximum absolute atomic E-state index is 12.5. The average Bonchev–Trinajstić information content (AvgIpc) is 2.67. The Balaban J connectivity index is 2.21. The summed E-state index contributed by atoms with van der Waals surface area (Å²) in [7, 11) is 2.75. The van der Waals surface area contributed by atoms with Gasteiger partial charge < -0.3 is 19.5 Å². The first kappa shape index (κ1) is 19.0. The van der Waals surface area contributed by atoms with Gasteiger partial charge in [-0.05, 0) is 31.2 Å². The van der Waals surface area contributed by atoms with Crippen molar-refractivity contribution in [2.24, 2.45) is 0 Å². The second kappa shape index (κ2) is 8.66. The predicted molar refractivity (Wildman–Crippen MR) is 94.9 cm³/mol. The van der Waals surface area contributed by atoms with Crippen molar-refractivity contribution in [1.29, 1.82) is 0 Å². The molecule has 2 rings (SSSR count). The smallest absolute Gasteiger partial charge is 0.343 e. The molecular weight excluding hydrogens is 338 g/mol. The number of carbonyl (C=O) groups is 3. The van der Waals surface area contributed by atoms with Crippen LogP contribution in [-0.4, -0.2) is 38.5 Å². The number of anilines is 1. The van der Waals surface area contributed by atoms with Crippen LogP contribution in [0.25, 0.3) is 0 Å². The number of ether oxygens (including phenoxy) is 3. The van der Waals surface area contributed by atoms with E-state index in [4.69, 9.17) is 14.2 Å². The quantitative estimate of drug-likeness (QED) is 0.605. The molecule has 2 aromatic carbocycles. The van der Waals surface area contributed by atoms with Gasteiger partial charge in [-0.25, -0.2) is 4.79 Å². The molecule has 0 saturated heterocycles. The van der Waals surface area contributed by atoms with Crippen LogP contribution in [0, 0.1) is 0 Å². The van der Waals surface area contributed by atoms with E-state index in [1.807, 2.05) is 6.07 Å². The summed E-state index contributed by atoms with van der Waals surface area (Å²) in [6.45, 7) is 1.43. The molecule has 0 heterocycles. The fourth-order valence-corrected chi connectivity index (χ4v) is 2.29. The largest absolute Gasteiger partial charge is 0.493 e. The van der Waals surface area contributed by atoms with Crippen LogP contribution in [0.4, 0.5) is 5.69 Å². The molecule has 7 nitrogen and oxygen atoms in total. The lowest BCUT2D eigenvalue weighted by molar-refractivity contribution is -0.123. The number of esters is 1. The lowest BCUT2D eigenvalue weighted by Crippen LogP contribution is -2.30. The highest BCUT2D eigenvalue weighted by Gasteiger charge is 2.26. The molecule has 136 valence electrons. The van der Waals surface area contributed by atoms with Crippen LogP contribution in [0.1, 0.15) is 27.6 Å². The molecule has 7 heteroatoms. The number of benzene rings is 2. The zero-order chi connectivity index (χ0) is 19.1. The van der Waals surface area contributed by atoms with Gasteiger partial charge in [0.15, 0.2) is 23.9 Å². The zero-order valence-corrected chi connectivity index (χ0v) is 14.6. The molecule has 0 spiro atoms. The summed E-state index contributed by atoms with van der Waals surface area (Å²) < 4.78 is 15.5. The van der Waals surface area contributed by atoms with Crippen molar-refractivity contribution >= 4 is 23.9 Å². The lowest BCUT2D eigenvalue weighted by Gasteiger charge is -2.17. The minimum absolute atomic E-state index is 0.0674. The third-order valence-corrected chi connectivity index (χ3v) is 3.60. The maximum atomic E-state index is 12.5. The standard InChI is InChI=1S/C19H19NO6/c1-12(18(22)20-14-7-5-4-6-8-14)26-19(23)16-13(11-21)9-10-15(24-2)17(16)25-3/h4-12H,1-3H3,(H,20,22)/t12-/m0/s1. The summed E-state index contributed by atoms with van der Waals surface area (Å²) in [5.74, 6) is -1.03. The Hall–Kier alpha value is -3.35. The number of para-hydroxylation sites is 1. The van der Waals surface area contributed by atoms with Crippen molar-refractivity contribution in [2.45, 2.75) is 13.0 Å². The number of carbonyl (C=O) groups excluding carboxylic acids is 3. The summed E-state index contributed by atoms with van der Waals surface area (Å²) >= 11 is 0. The van der Waals surface area contributed by atoms with Crippen LogP contribution in [-0.2, 0) is 9.53 Å². The Labute approximate surface area is 150 Å². The summed E-state index contributed by atoms with van der Waals surface area (Å²) in [4.78, 5) is 36.0. The molecule has 0 radical (unpaired) electrons. The Bertz CT molecular complexity index is 803. The van der Waals surface area contributed by atoms with E-state index >= 15 is 0 Å². The molecule has 0 bridgehead atoms. The average molecular weight is 357 g/mol. The minimum atomic E-state index is -1.09. The Kier molecular flexibility index (Phi) is 6.32. The molecule has 0 aliphatic rings. The Morgan fingerprint density at radius 1 is 1.04 bits per heavy atom.